The number of carbonyl (C=O) groups is 1. The Labute approximate surface area is 210 Å². The molecule has 0 unspecified atom stereocenters. The Morgan fingerprint density at radius 2 is 1.76 bits per heavy atom. The molecule has 1 saturated heterocycles. The van der Waals surface area contributed by atoms with E-state index in [2.05, 4.69) is 10.4 Å². The van der Waals surface area contributed by atoms with Crippen LogP contribution in [0.15, 0.2) is 17.0 Å². The fraction of sp³-hybridized carbons (Fsp3) is 0.500. The highest BCUT2D eigenvalue weighted by Crippen LogP contribution is 2.35. The quantitative estimate of drug-likeness (QED) is 0.473. The Bertz CT molecular complexity index is 1180. The van der Waals surface area contributed by atoms with E-state index in [0.29, 0.717) is 13.1 Å². The molecule has 3 rings (SSSR count). The molecule has 188 valence electrons. The number of halogens is 6. The van der Waals surface area contributed by atoms with Crippen LogP contribution < -0.4 is 5.32 Å². The molecule has 7 nitrogen and oxygen atoms in total. The molecule has 1 aromatic heterocycles. The molecule has 0 atom stereocenters. The van der Waals surface area contributed by atoms with Gasteiger partial charge in [-0.15, -0.1) is 0 Å². The summed E-state index contributed by atoms with van der Waals surface area (Å²) in [7, 11) is -3.90. The molecule has 1 aromatic carbocycles. The Hall–Kier alpha value is -1.53. The van der Waals surface area contributed by atoms with Crippen LogP contribution in [0.25, 0.3) is 0 Å². The number of piperidine rings is 1. The van der Waals surface area contributed by atoms with Crippen LogP contribution in [0.3, 0.4) is 0 Å². The van der Waals surface area contributed by atoms with Gasteiger partial charge in [-0.1, -0.05) is 41.2 Å². The zero-order valence-electron chi connectivity index (χ0n) is 18.1. The van der Waals surface area contributed by atoms with Crippen LogP contribution in [0, 0.1) is 6.92 Å². The van der Waals surface area contributed by atoms with Gasteiger partial charge >= 0.3 is 6.18 Å². The summed E-state index contributed by atoms with van der Waals surface area (Å²) < 4.78 is 67.3. The molecule has 2 aromatic rings. The minimum atomic E-state index is -4.67. The van der Waals surface area contributed by atoms with E-state index in [4.69, 9.17) is 34.8 Å². The first-order valence-corrected chi connectivity index (χ1v) is 13.0. The number of rotatable bonds is 7. The third-order valence-electron chi connectivity index (χ3n) is 5.43. The summed E-state index contributed by atoms with van der Waals surface area (Å²) in [4.78, 5) is 12.5. The lowest BCUT2D eigenvalue weighted by Crippen LogP contribution is -2.36. The fourth-order valence-corrected chi connectivity index (χ4v) is 6.19. The molecule has 1 fully saturated rings. The van der Waals surface area contributed by atoms with Crippen molar-refractivity contribution in [2.45, 2.75) is 50.2 Å². The smallest absolute Gasteiger partial charge is 0.352 e. The van der Waals surface area contributed by atoms with Crippen molar-refractivity contribution in [3.8, 4) is 0 Å². The highest BCUT2D eigenvalue weighted by molar-refractivity contribution is 7.89. The van der Waals surface area contributed by atoms with E-state index in [1.165, 1.54) is 17.3 Å². The average molecular weight is 562 g/mol. The van der Waals surface area contributed by atoms with Crippen molar-refractivity contribution in [2.75, 3.05) is 19.6 Å². The lowest BCUT2D eigenvalue weighted by Gasteiger charge is -2.26. The molecular formula is C20H22Cl3F3N4O3S. The Morgan fingerprint density at radius 3 is 2.35 bits per heavy atom. The molecule has 0 spiro atoms. The number of aromatic nitrogens is 2. The maximum Gasteiger partial charge on any atom is 0.436 e. The SMILES string of the molecule is Cc1c(Cl)c(C(F)(F)F)nn1CCCNC(=O)c1cc(S(=O)(=O)N2CCCCC2)c(Cl)cc1Cl. The Balaban J connectivity index is 1.68. The summed E-state index contributed by atoms with van der Waals surface area (Å²) in [5.74, 6) is -0.636. The summed E-state index contributed by atoms with van der Waals surface area (Å²) in [6.07, 6.45) is -2.01. The molecule has 1 N–H and O–H groups in total. The highest BCUT2D eigenvalue weighted by Gasteiger charge is 2.38. The van der Waals surface area contributed by atoms with E-state index in [1.807, 2.05) is 0 Å². The molecule has 1 aliphatic heterocycles. The van der Waals surface area contributed by atoms with Crippen LogP contribution in [0.2, 0.25) is 15.1 Å². The number of alkyl halides is 3. The molecule has 0 radical (unpaired) electrons. The minimum Gasteiger partial charge on any atom is -0.352 e. The lowest BCUT2D eigenvalue weighted by molar-refractivity contribution is -0.141. The fourth-order valence-electron chi connectivity index (χ4n) is 3.59. The van der Waals surface area contributed by atoms with Crippen LogP contribution in [0.5, 0.6) is 0 Å². The first-order valence-electron chi connectivity index (χ1n) is 10.4. The first-order chi connectivity index (χ1) is 15.8. The Morgan fingerprint density at radius 1 is 1.12 bits per heavy atom. The second-order valence-corrected chi connectivity index (χ2v) is 10.9. The average Bonchev–Trinajstić information content (AvgIpc) is 3.06. The van der Waals surface area contributed by atoms with Crippen LogP contribution in [-0.2, 0) is 22.7 Å². The highest BCUT2D eigenvalue weighted by atomic mass is 35.5. The van der Waals surface area contributed by atoms with Gasteiger partial charge in [-0.05, 0) is 38.3 Å². The number of aryl methyl sites for hydroxylation is 1. The number of benzene rings is 1. The summed E-state index contributed by atoms with van der Waals surface area (Å²) >= 11 is 18.0. The third kappa shape index (κ3) is 5.81. The second kappa shape index (κ2) is 10.6. The van der Waals surface area contributed by atoms with Gasteiger partial charge in [-0.2, -0.15) is 22.6 Å². The van der Waals surface area contributed by atoms with Crippen molar-refractivity contribution in [1.82, 2.24) is 19.4 Å². The van der Waals surface area contributed by atoms with Crippen LogP contribution >= 0.6 is 34.8 Å². The van der Waals surface area contributed by atoms with E-state index in [1.54, 1.807) is 0 Å². The second-order valence-electron chi connectivity index (χ2n) is 7.81. The zero-order valence-corrected chi connectivity index (χ0v) is 21.1. The predicted molar refractivity (Wildman–Crippen MR) is 123 cm³/mol. The molecule has 1 aliphatic rings. The minimum absolute atomic E-state index is 0.0235. The number of hydrogen-bond acceptors (Lipinski definition) is 4. The van der Waals surface area contributed by atoms with E-state index in [-0.39, 0.29) is 45.7 Å². The van der Waals surface area contributed by atoms with Gasteiger partial charge in [-0.25, -0.2) is 8.42 Å². The van der Waals surface area contributed by atoms with E-state index < -0.39 is 32.8 Å². The molecule has 2 heterocycles. The number of amides is 1. The van der Waals surface area contributed by atoms with Gasteiger partial charge in [0.15, 0.2) is 5.69 Å². The Kier molecular flexibility index (Phi) is 8.45. The van der Waals surface area contributed by atoms with Gasteiger partial charge < -0.3 is 5.32 Å². The summed E-state index contributed by atoms with van der Waals surface area (Å²) in [5.41, 5.74) is -1.07. The molecule has 0 bridgehead atoms. The molecule has 0 saturated carbocycles. The van der Waals surface area contributed by atoms with Crippen molar-refractivity contribution in [1.29, 1.82) is 0 Å². The van der Waals surface area contributed by atoms with Crippen molar-refractivity contribution in [3.05, 3.63) is 44.2 Å². The number of carbonyl (C=O) groups excluding carboxylic acids is 1. The normalized spacial score (nSPS) is 15.5. The lowest BCUT2D eigenvalue weighted by atomic mass is 10.2. The van der Waals surface area contributed by atoms with Gasteiger partial charge in [0, 0.05) is 26.2 Å². The van der Waals surface area contributed by atoms with Crippen molar-refractivity contribution in [2.24, 2.45) is 0 Å². The van der Waals surface area contributed by atoms with Crippen LogP contribution in [0.1, 0.15) is 47.4 Å². The van der Waals surface area contributed by atoms with Crippen molar-refractivity contribution in [3.63, 3.8) is 0 Å². The van der Waals surface area contributed by atoms with Gasteiger partial charge in [0.05, 0.1) is 26.3 Å². The van der Waals surface area contributed by atoms with Gasteiger partial charge in [0.25, 0.3) is 5.91 Å². The molecule has 1 amide bonds. The van der Waals surface area contributed by atoms with Crippen LogP contribution in [0.4, 0.5) is 13.2 Å². The number of nitrogens with one attached hydrogen (secondary N) is 1. The van der Waals surface area contributed by atoms with E-state index in [9.17, 15) is 26.4 Å². The number of hydrogen-bond donors (Lipinski definition) is 1. The zero-order chi connectivity index (χ0) is 25.3. The summed E-state index contributed by atoms with van der Waals surface area (Å²) in [5, 5.41) is 5.52. The van der Waals surface area contributed by atoms with Crippen molar-refractivity contribution >= 4 is 50.7 Å². The first kappa shape index (κ1) is 27.1. The molecule has 14 heteroatoms. The molecular weight excluding hydrogens is 540 g/mol. The molecule has 34 heavy (non-hydrogen) atoms. The third-order valence-corrected chi connectivity index (χ3v) is 8.56. The largest absolute Gasteiger partial charge is 0.436 e. The maximum atomic E-state index is 13.0. The predicted octanol–water partition coefficient (Wildman–Crippen LogP) is 5.17. The van der Waals surface area contributed by atoms with Gasteiger partial charge in [0.1, 0.15) is 4.90 Å². The van der Waals surface area contributed by atoms with Gasteiger partial charge in [0.2, 0.25) is 10.0 Å². The van der Waals surface area contributed by atoms with Gasteiger partial charge in [-0.3, -0.25) is 9.48 Å². The summed E-state index contributed by atoms with van der Waals surface area (Å²) in [6.45, 7) is 2.31. The number of nitrogens with zero attached hydrogens (tertiary/aromatic N) is 3. The van der Waals surface area contributed by atoms with E-state index in [0.717, 1.165) is 30.0 Å². The van der Waals surface area contributed by atoms with Crippen LogP contribution in [-0.4, -0.2) is 48.0 Å². The topological polar surface area (TPSA) is 84.3 Å². The maximum absolute atomic E-state index is 13.0. The number of sulfonamides is 1. The summed E-state index contributed by atoms with van der Waals surface area (Å²) in [6, 6.07) is 2.36. The monoisotopic (exact) mass is 560 g/mol. The van der Waals surface area contributed by atoms with E-state index >= 15 is 0 Å². The molecule has 0 aliphatic carbocycles. The van der Waals surface area contributed by atoms with Crippen molar-refractivity contribution < 1.29 is 26.4 Å². The standard InChI is InChI=1S/C20H22Cl3F3N4O3S/c1-12-17(23)18(20(24,25)26)28-30(12)9-5-6-27-19(31)13-10-16(15(22)11-14(13)21)34(32,33)29-7-3-2-4-8-29/h10-11H,2-9H2,1H3,(H,27,31).